The Labute approximate surface area is 92.8 Å². The molecule has 1 unspecified atom stereocenters. The average Bonchev–Trinajstić information content (AvgIpc) is 2.57. The Kier molecular flexibility index (Phi) is 7.88. The first-order chi connectivity index (χ1) is 7.21. The lowest BCUT2D eigenvalue weighted by molar-refractivity contribution is -0.118. The molecule has 1 rings (SSSR count). The van der Waals surface area contributed by atoms with Crippen molar-refractivity contribution in [2.24, 2.45) is 11.8 Å². The first kappa shape index (κ1) is 14.1. The van der Waals surface area contributed by atoms with Crippen molar-refractivity contribution in [3.8, 4) is 0 Å². The number of hydrogen-bond acceptors (Lipinski definition) is 2. The summed E-state index contributed by atoms with van der Waals surface area (Å²) in [6.45, 7) is 6.27. The van der Waals surface area contributed by atoms with Gasteiger partial charge in [0.25, 0.3) is 0 Å². The Morgan fingerprint density at radius 1 is 1.33 bits per heavy atom. The Morgan fingerprint density at radius 2 is 1.93 bits per heavy atom. The van der Waals surface area contributed by atoms with Crippen molar-refractivity contribution in [1.29, 1.82) is 0 Å². The summed E-state index contributed by atoms with van der Waals surface area (Å²) < 4.78 is 0. The summed E-state index contributed by atoms with van der Waals surface area (Å²) in [5, 5.41) is 0. The van der Waals surface area contributed by atoms with E-state index in [9.17, 15) is 9.59 Å². The summed E-state index contributed by atoms with van der Waals surface area (Å²) in [5.41, 5.74) is 0. The van der Waals surface area contributed by atoms with Crippen molar-refractivity contribution in [2.75, 3.05) is 0 Å². The molecule has 2 heteroatoms. The van der Waals surface area contributed by atoms with Crippen LogP contribution in [0.5, 0.6) is 0 Å². The molecule has 0 bridgehead atoms. The van der Waals surface area contributed by atoms with Gasteiger partial charge in [-0.3, -0.25) is 4.79 Å². The Hall–Kier alpha value is -0.920. The van der Waals surface area contributed by atoms with E-state index in [1.807, 2.05) is 13.0 Å². The number of ketones is 1. The van der Waals surface area contributed by atoms with E-state index in [0.717, 1.165) is 19.1 Å². The molecule has 0 amide bonds. The second-order valence-electron chi connectivity index (χ2n) is 3.89. The van der Waals surface area contributed by atoms with Gasteiger partial charge in [-0.15, -0.1) is 0 Å². The highest BCUT2D eigenvalue weighted by molar-refractivity contribution is 5.94. The van der Waals surface area contributed by atoms with Gasteiger partial charge in [0, 0.05) is 12.3 Å². The number of hydrogen-bond donors (Lipinski definition) is 0. The van der Waals surface area contributed by atoms with E-state index in [2.05, 4.69) is 13.8 Å². The maximum Gasteiger partial charge on any atom is 0.159 e. The predicted octanol–water partition coefficient (Wildman–Crippen LogP) is 3.16. The second-order valence-corrected chi connectivity index (χ2v) is 3.89. The molecule has 0 aromatic carbocycles. The van der Waals surface area contributed by atoms with Crippen LogP contribution in [0.2, 0.25) is 0 Å². The lowest BCUT2D eigenvalue weighted by atomic mass is 9.89. The third-order valence-corrected chi connectivity index (χ3v) is 2.45. The van der Waals surface area contributed by atoms with Crippen LogP contribution in [0, 0.1) is 11.8 Å². The Bertz CT molecular complexity index is 219. The van der Waals surface area contributed by atoms with E-state index in [1.165, 1.54) is 6.42 Å². The maximum atomic E-state index is 11.2. The predicted molar refractivity (Wildman–Crippen MR) is 62.7 cm³/mol. The molecule has 0 saturated carbocycles. The van der Waals surface area contributed by atoms with Crippen molar-refractivity contribution in [3.63, 3.8) is 0 Å². The van der Waals surface area contributed by atoms with Crippen molar-refractivity contribution in [1.82, 2.24) is 0 Å². The van der Waals surface area contributed by atoms with Gasteiger partial charge in [-0.05, 0) is 24.8 Å². The van der Waals surface area contributed by atoms with Gasteiger partial charge >= 0.3 is 0 Å². The molecule has 0 aromatic heterocycles. The number of carbonyl (C=O) groups excluding carboxylic acids is 2. The van der Waals surface area contributed by atoms with Gasteiger partial charge in [0.05, 0.1) is 0 Å². The third-order valence-electron chi connectivity index (χ3n) is 2.45. The molecule has 0 aliphatic heterocycles. The topological polar surface area (TPSA) is 34.1 Å². The quantitative estimate of drug-likeness (QED) is 0.668. The molecule has 2 atom stereocenters. The Balaban J connectivity index is 0.000000583. The van der Waals surface area contributed by atoms with Gasteiger partial charge in [0.1, 0.15) is 6.29 Å². The minimum absolute atomic E-state index is 0.143. The number of rotatable bonds is 4. The lowest BCUT2D eigenvalue weighted by Crippen LogP contribution is -2.14. The molecule has 1 aliphatic carbocycles. The Morgan fingerprint density at radius 3 is 2.40 bits per heavy atom. The van der Waals surface area contributed by atoms with Gasteiger partial charge < -0.3 is 4.79 Å². The molecule has 2 nitrogen and oxygen atoms in total. The number of carbonyl (C=O) groups is 2. The largest absolute Gasteiger partial charge is 0.303 e. The smallest absolute Gasteiger partial charge is 0.159 e. The molecule has 0 heterocycles. The third kappa shape index (κ3) is 4.91. The molecule has 15 heavy (non-hydrogen) atoms. The summed E-state index contributed by atoms with van der Waals surface area (Å²) in [7, 11) is 0. The van der Waals surface area contributed by atoms with Gasteiger partial charge in [0.15, 0.2) is 5.78 Å². The van der Waals surface area contributed by atoms with Gasteiger partial charge in [-0.2, -0.15) is 0 Å². The van der Waals surface area contributed by atoms with Gasteiger partial charge in [-0.1, -0.05) is 33.3 Å². The van der Waals surface area contributed by atoms with Gasteiger partial charge in [-0.25, -0.2) is 0 Å². The maximum absolute atomic E-state index is 11.2. The minimum Gasteiger partial charge on any atom is -0.303 e. The fraction of sp³-hybridized carbons (Fsp3) is 0.692. The van der Waals surface area contributed by atoms with Crippen LogP contribution in [0.3, 0.4) is 0 Å². The van der Waals surface area contributed by atoms with Crippen LogP contribution in [0.25, 0.3) is 0 Å². The highest BCUT2D eigenvalue weighted by Crippen LogP contribution is 2.28. The number of allylic oxidation sites excluding steroid dienone is 2. The monoisotopic (exact) mass is 210 g/mol. The molecule has 0 spiro atoms. The zero-order chi connectivity index (χ0) is 11.7. The van der Waals surface area contributed by atoms with Crippen molar-refractivity contribution in [2.45, 2.75) is 46.5 Å². The second kappa shape index (κ2) is 8.39. The van der Waals surface area contributed by atoms with E-state index in [-0.39, 0.29) is 11.7 Å². The SMILES string of the molecule is CCC.CC[C@H]1C(=O)C=CC1CCC=O. The highest BCUT2D eigenvalue weighted by atomic mass is 16.1. The van der Waals surface area contributed by atoms with Crippen LogP contribution in [-0.2, 0) is 9.59 Å². The van der Waals surface area contributed by atoms with Crippen LogP contribution in [0.1, 0.15) is 46.5 Å². The fourth-order valence-corrected chi connectivity index (χ4v) is 1.75. The van der Waals surface area contributed by atoms with Crippen molar-refractivity contribution < 1.29 is 9.59 Å². The van der Waals surface area contributed by atoms with E-state index >= 15 is 0 Å². The molecule has 0 saturated heterocycles. The van der Waals surface area contributed by atoms with Crippen LogP contribution in [-0.4, -0.2) is 12.1 Å². The van der Waals surface area contributed by atoms with Gasteiger partial charge in [0.2, 0.25) is 0 Å². The summed E-state index contributed by atoms with van der Waals surface area (Å²) >= 11 is 0. The average molecular weight is 210 g/mol. The molecule has 0 radical (unpaired) electrons. The van der Waals surface area contributed by atoms with Crippen LogP contribution >= 0.6 is 0 Å². The zero-order valence-corrected chi connectivity index (χ0v) is 10.0. The first-order valence-corrected chi connectivity index (χ1v) is 5.86. The molecular weight excluding hydrogens is 188 g/mol. The normalized spacial score (nSPS) is 23.5. The van der Waals surface area contributed by atoms with Crippen LogP contribution in [0.15, 0.2) is 12.2 Å². The van der Waals surface area contributed by atoms with Crippen molar-refractivity contribution >= 4 is 12.1 Å². The van der Waals surface area contributed by atoms with E-state index in [4.69, 9.17) is 0 Å². The summed E-state index contributed by atoms with van der Waals surface area (Å²) in [6.07, 6.45) is 8.05. The standard InChI is InChI=1S/C10H14O2.C3H8/c1-2-9-8(4-3-7-11)5-6-10(9)12;1-3-2/h5-9H,2-4H2,1H3;3H2,1-2H3/t8?,9-;/m1./s1. The highest BCUT2D eigenvalue weighted by Gasteiger charge is 2.27. The van der Waals surface area contributed by atoms with Crippen molar-refractivity contribution in [3.05, 3.63) is 12.2 Å². The van der Waals surface area contributed by atoms with Crippen LogP contribution in [0.4, 0.5) is 0 Å². The minimum atomic E-state index is 0.143. The summed E-state index contributed by atoms with van der Waals surface area (Å²) in [6, 6.07) is 0. The molecular formula is C13H22O2. The van der Waals surface area contributed by atoms with E-state index in [1.54, 1.807) is 6.08 Å². The first-order valence-electron chi connectivity index (χ1n) is 5.86. The number of aldehydes is 1. The molecule has 0 N–H and O–H groups in total. The molecule has 86 valence electrons. The molecule has 0 aromatic rings. The summed E-state index contributed by atoms with van der Waals surface area (Å²) in [5.74, 6) is 0.686. The van der Waals surface area contributed by atoms with E-state index < -0.39 is 0 Å². The lowest BCUT2D eigenvalue weighted by Gasteiger charge is -2.14. The van der Waals surface area contributed by atoms with Crippen LogP contribution < -0.4 is 0 Å². The van der Waals surface area contributed by atoms with E-state index in [0.29, 0.717) is 12.3 Å². The summed E-state index contributed by atoms with van der Waals surface area (Å²) in [4.78, 5) is 21.3. The molecule has 0 fully saturated rings. The zero-order valence-electron chi connectivity index (χ0n) is 10.0. The molecule has 1 aliphatic rings. The fourth-order valence-electron chi connectivity index (χ4n) is 1.75.